The lowest BCUT2D eigenvalue weighted by atomic mass is 10.0. The summed E-state index contributed by atoms with van der Waals surface area (Å²) in [5.41, 5.74) is 1.66. The average Bonchev–Trinajstić information content (AvgIpc) is 2.39. The Labute approximate surface area is 103 Å². The molecule has 0 amide bonds. The molecule has 0 heterocycles. The third kappa shape index (κ3) is 2.50. The molecule has 16 heavy (non-hydrogen) atoms. The first-order chi connectivity index (χ1) is 7.79. The van der Waals surface area contributed by atoms with E-state index in [-0.39, 0.29) is 4.83 Å². The van der Waals surface area contributed by atoms with Crippen LogP contribution in [0.5, 0.6) is 0 Å². The predicted molar refractivity (Wildman–Crippen MR) is 68.4 cm³/mol. The minimum Gasteiger partial charge on any atom is -0.241 e. The summed E-state index contributed by atoms with van der Waals surface area (Å²) in [7, 11) is 0. The van der Waals surface area contributed by atoms with Gasteiger partial charge in [0.1, 0.15) is 6.17 Å². The molecule has 2 aromatic rings. The molecular formula is C14H12BrF. The molecule has 0 saturated heterocycles. The van der Waals surface area contributed by atoms with Crippen LogP contribution in [0, 0.1) is 0 Å². The molecule has 0 aliphatic carbocycles. The van der Waals surface area contributed by atoms with Crippen LogP contribution in [0.1, 0.15) is 22.1 Å². The van der Waals surface area contributed by atoms with E-state index in [9.17, 15) is 4.39 Å². The van der Waals surface area contributed by atoms with Crippen LogP contribution in [0.15, 0.2) is 60.7 Å². The Balaban J connectivity index is 2.20. The van der Waals surface area contributed by atoms with Gasteiger partial charge >= 0.3 is 0 Å². The molecule has 82 valence electrons. The Hall–Kier alpha value is -1.15. The maximum Gasteiger partial charge on any atom is 0.142 e. The summed E-state index contributed by atoms with van der Waals surface area (Å²) in [5, 5.41) is 0. The molecule has 0 fully saturated rings. The fourth-order valence-corrected chi connectivity index (χ4v) is 2.22. The van der Waals surface area contributed by atoms with E-state index in [0.717, 1.165) is 5.56 Å². The minimum absolute atomic E-state index is 0.295. The first kappa shape index (κ1) is 11.3. The summed E-state index contributed by atoms with van der Waals surface area (Å²) < 4.78 is 14.2. The summed E-state index contributed by atoms with van der Waals surface area (Å²) in [5.74, 6) is 0. The van der Waals surface area contributed by atoms with Crippen LogP contribution in [0.3, 0.4) is 0 Å². The van der Waals surface area contributed by atoms with Crippen molar-refractivity contribution in [1.29, 1.82) is 0 Å². The minimum atomic E-state index is -1.02. The molecule has 0 aliphatic heterocycles. The largest absolute Gasteiger partial charge is 0.241 e. The number of rotatable bonds is 3. The molecule has 2 atom stereocenters. The number of alkyl halides is 2. The molecule has 2 rings (SSSR count). The average molecular weight is 279 g/mol. The van der Waals surface area contributed by atoms with Gasteiger partial charge in [0.15, 0.2) is 0 Å². The zero-order chi connectivity index (χ0) is 11.4. The predicted octanol–water partition coefficient (Wildman–Crippen LogP) is 4.83. The first-order valence-electron chi connectivity index (χ1n) is 5.17. The summed E-state index contributed by atoms with van der Waals surface area (Å²) >= 11 is 3.41. The highest BCUT2D eigenvalue weighted by Crippen LogP contribution is 2.38. The van der Waals surface area contributed by atoms with Gasteiger partial charge in [-0.2, -0.15) is 0 Å². The van der Waals surface area contributed by atoms with Gasteiger partial charge in [0.2, 0.25) is 0 Å². The molecule has 0 aromatic heterocycles. The molecule has 0 radical (unpaired) electrons. The summed E-state index contributed by atoms with van der Waals surface area (Å²) in [6.07, 6.45) is -1.02. The quantitative estimate of drug-likeness (QED) is 0.706. The van der Waals surface area contributed by atoms with Crippen molar-refractivity contribution in [2.24, 2.45) is 0 Å². The van der Waals surface area contributed by atoms with E-state index in [4.69, 9.17) is 0 Å². The Morgan fingerprint density at radius 1 is 0.750 bits per heavy atom. The monoisotopic (exact) mass is 278 g/mol. The Morgan fingerprint density at radius 2 is 1.19 bits per heavy atom. The van der Waals surface area contributed by atoms with Gasteiger partial charge in [-0.15, -0.1) is 0 Å². The van der Waals surface area contributed by atoms with Gasteiger partial charge in [-0.3, -0.25) is 0 Å². The van der Waals surface area contributed by atoms with Crippen LogP contribution in [0.2, 0.25) is 0 Å². The third-order valence-corrected chi connectivity index (χ3v) is 3.49. The molecule has 2 unspecified atom stereocenters. The van der Waals surface area contributed by atoms with Crippen LogP contribution in [0.25, 0.3) is 0 Å². The smallest absolute Gasteiger partial charge is 0.142 e. The van der Waals surface area contributed by atoms with Gasteiger partial charge in [0.25, 0.3) is 0 Å². The first-order valence-corrected chi connectivity index (χ1v) is 6.08. The van der Waals surface area contributed by atoms with E-state index >= 15 is 0 Å². The van der Waals surface area contributed by atoms with Crippen LogP contribution in [0.4, 0.5) is 4.39 Å². The maximum atomic E-state index is 14.2. The van der Waals surface area contributed by atoms with Crippen LogP contribution in [-0.2, 0) is 0 Å². The molecule has 0 aliphatic rings. The van der Waals surface area contributed by atoms with E-state index < -0.39 is 6.17 Å². The van der Waals surface area contributed by atoms with Crippen molar-refractivity contribution in [2.75, 3.05) is 0 Å². The summed E-state index contributed by atoms with van der Waals surface area (Å²) in [6.45, 7) is 0. The van der Waals surface area contributed by atoms with Crippen LogP contribution >= 0.6 is 15.9 Å². The summed E-state index contributed by atoms with van der Waals surface area (Å²) in [6, 6.07) is 18.8. The molecule has 2 aromatic carbocycles. The topological polar surface area (TPSA) is 0 Å². The zero-order valence-corrected chi connectivity index (χ0v) is 10.3. The Bertz CT molecular complexity index is 384. The normalized spacial score (nSPS) is 14.4. The zero-order valence-electron chi connectivity index (χ0n) is 8.68. The maximum absolute atomic E-state index is 14.2. The van der Waals surface area contributed by atoms with Gasteiger partial charge in [0, 0.05) is 0 Å². The highest BCUT2D eigenvalue weighted by Gasteiger charge is 2.21. The lowest BCUT2D eigenvalue weighted by molar-refractivity contribution is 0.340. The van der Waals surface area contributed by atoms with Gasteiger partial charge in [0.05, 0.1) is 4.83 Å². The molecule has 0 spiro atoms. The van der Waals surface area contributed by atoms with Crippen molar-refractivity contribution < 1.29 is 4.39 Å². The second kappa shape index (κ2) is 5.26. The molecular weight excluding hydrogens is 267 g/mol. The Kier molecular flexibility index (Phi) is 3.73. The third-order valence-electron chi connectivity index (χ3n) is 2.49. The van der Waals surface area contributed by atoms with Crippen molar-refractivity contribution in [3.05, 3.63) is 71.8 Å². The molecule has 0 saturated carbocycles. The van der Waals surface area contributed by atoms with E-state index in [1.54, 1.807) is 0 Å². The van der Waals surface area contributed by atoms with Crippen LogP contribution < -0.4 is 0 Å². The van der Waals surface area contributed by atoms with Gasteiger partial charge in [-0.25, -0.2) is 4.39 Å². The fraction of sp³-hybridized carbons (Fsp3) is 0.143. The van der Waals surface area contributed by atoms with Crippen molar-refractivity contribution in [1.82, 2.24) is 0 Å². The lowest BCUT2D eigenvalue weighted by Crippen LogP contribution is -2.00. The lowest BCUT2D eigenvalue weighted by Gasteiger charge is -2.15. The molecule has 0 nitrogen and oxygen atoms in total. The van der Waals surface area contributed by atoms with E-state index in [2.05, 4.69) is 15.9 Å². The van der Waals surface area contributed by atoms with Crippen molar-refractivity contribution in [3.63, 3.8) is 0 Å². The molecule has 2 heteroatoms. The number of benzene rings is 2. The van der Waals surface area contributed by atoms with Crippen molar-refractivity contribution in [3.8, 4) is 0 Å². The van der Waals surface area contributed by atoms with Gasteiger partial charge < -0.3 is 0 Å². The highest BCUT2D eigenvalue weighted by atomic mass is 79.9. The standard InChI is InChI=1S/C14H12BrF/c15-13(11-7-3-1-4-8-11)14(16)12-9-5-2-6-10-12/h1-10,13-14H. The molecule has 0 N–H and O–H groups in total. The van der Waals surface area contributed by atoms with Crippen molar-refractivity contribution in [2.45, 2.75) is 11.0 Å². The second-order valence-corrected chi connectivity index (χ2v) is 4.61. The number of halogens is 2. The molecule has 0 bridgehead atoms. The fourth-order valence-electron chi connectivity index (χ4n) is 1.61. The van der Waals surface area contributed by atoms with Crippen LogP contribution in [-0.4, -0.2) is 0 Å². The Morgan fingerprint density at radius 3 is 1.69 bits per heavy atom. The second-order valence-electron chi connectivity index (χ2n) is 3.62. The van der Waals surface area contributed by atoms with E-state index in [1.165, 1.54) is 0 Å². The number of hydrogen-bond donors (Lipinski definition) is 0. The van der Waals surface area contributed by atoms with E-state index in [0.29, 0.717) is 5.56 Å². The van der Waals surface area contributed by atoms with Crippen molar-refractivity contribution >= 4 is 15.9 Å². The summed E-state index contributed by atoms with van der Waals surface area (Å²) in [4.78, 5) is -0.295. The highest BCUT2D eigenvalue weighted by molar-refractivity contribution is 9.09. The SMILES string of the molecule is FC(c1ccccc1)C(Br)c1ccccc1. The van der Waals surface area contributed by atoms with Gasteiger partial charge in [-0.05, 0) is 11.1 Å². The van der Waals surface area contributed by atoms with Gasteiger partial charge in [-0.1, -0.05) is 76.6 Å². The number of hydrogen-bond acceptors (Lipinski definition) is 0. The van der Waals surface area contributed by atoms with E-state index in [1.807, 2.05) is 60.7 Å².